The van der Waals surface area contributed by atoms with Crippen LogP contribution < -0.4 is 10.6 Å². The van der Waals surface area contributed by atoms with Gasteiger partial charge < -0.3 is 15.4 Å². The van der Waals surface area contributed by atoms with Crippen molar-refractivity contribution in [2.45, 2.75) is 19.3 Å². The Labute approximate surface area is 114 Å². The van der Waals surface area contributed by atoms with Gasteiger partial charge in [-0.25, -0.2) is 8.78 Å². The normalized spacial score (nSPS) is 18.7. The van der Waals surface area contributed by atoms with Gasteiger partial charge in [0.05, 0.1) is 6.61 Å². The van der Waals surface area contributed by atoms with E-state index in [2.05, 4.69) is 20.8 Å². The molecule has 0 unspecified atom stereocenters. The van der Waals surface area contributed by atoms with Crippen LogP contribution in [0.2, 0.25) is 0 Å². The van der Waals surface area contributed by atoms with Gasteiger partial charge in [0, 0.05) is 19.1 Å². The van der Waals surface area contributed by atoms with Crippen molar-refractivity contribution >= 4 is 16.5 Å². The van der Waals surface area contributed by atoms with Gasteiger partial charge in [-0.05, 0) is 25.9 Å². The Morgan fingerprint density at radius 2 is 2.16 bits per heavy atom. The minimum absolute atomic E-state index is 0.0384. The molecule has 0 aromatic carbocycles. The van der Waals surface area contributed by atoms with Crippen molar-refractivity contribution in [3.63, 3.8) is 0 Å². The second kappa shape index (κ2) is 6.53. The van der Waals surface area contributed by atoms with Crippen molar-refractivity contribution in [3.8, 4) is 0 Å². The molecule has 0 saturated carbocycles. The van der Waals surface area contributed by atoms with Crippen molar-refractivity contribution < 1.29 is 13.5 Å². The van der Waals surface area contributed by atoms with Gasteiger partial charge in [0.1, 0.15) is 0 Å². The first-order valence-corrected chi connectivity index (χ1v) is 7.02. The first-order chi connectivity index (χ1) is 9.15. The van der Waals surface area contributed by atoms with Gasteiger partial charge in [-0.2, -0.15) is 0 Å². The van der Waals surface area contributed by atoms with Gasteiger partial charge in [-0.3, -0.25) is 0 Å². The van der Waals surface area contributed by atoms with E-state index in [0.29, 0.717) is 18.3 Å². The van der Waals surface area contributed by atoms with Crippen molar-refractivity contribution in [1.29, 1.82) is 0 Å². The highest BCUT2D eigenvalue weighted by atomic mass is 32.1. The van der Waals surface area contributed by atoms with E-state index in [9.17, 15) is 8.78 Å². The molecule has 1 aliphatic heterocycles. The lowest BCUT2D eigenvalue weighted by molar-refractivity contribution is 0.0635. The summed E-state index contributed by atoms with van der Waals surface area (Å²) >= 11 is 0.907. The van der Waals surface area contributed by atoms with Crippen LogP contribution in [0.1, 0.15) is 24.3 Å². The molecule has 8 heteroatoms. The third-order valence-corrected chi connectivity index (χ3v) is 4.24. The minimum Gasteiger partial charge on any atom is -0.384 e. The molecule has 0 amide bonds. The number of hydrogen-bond acceptors (Lipinski definition) is 6. The number of nitrogens with one attached hydrogen (secondary N) is 2. The second-order valence-electron chi connectivity index (χ2n) is 4.78. The molecule has 2 N–H and O–H groups in total. The number of nitrogens with zero attached hydrogens (tertiary/aromatic N) is 2. The highest BCUT2D eigenvalue weighted by Gasteiger charge is 2.32. The van der Waals surface area contributed by atoms with Crippen molar-refractivity contribution in [1.82, 2.24) is 15.5 Å². The fourth-order valence-electron chi connectivity index (χ4n) is 2.29. The number of alkyl halides is 2. The monoisotopic (exact) mass is 292 g/mol. The summed E-state index contributed by atoms with van der Waals surface area (Å²) in [5.41, 5.74) is 0.0384. The Balaban J connectivity index is 1.93. The number of anilines is 1. The fraction of sp³-hybridized carbons (Fsp3) is 0.818. The summed E-state index contributed by atoms with van der Waals surface area (Å²) in [6.07, 6.45) is -0.567. The molecule has 108 valence electrons. The predicted octanol–water partition coefficient (Wildman–Crippen LogP) is 1.90. The molecule has 19 heavy (non-hydrogen) atoms. The van der Waals surface area contributed by atoms with Crippen LogP contribution in [-0.2, 0) is 4.74 Å². The topological polar surface area (TPSA) is 59.1 Å². The Morgan fingerprint density at radius 1 is 1.42 bits per heavy atom. The quantitative estimate of drug-likeness (QED) is 0.838. The molecule has 0 spiro atoms. The molecular weight excluding hydrogens is 274 g/mol. The Hall–Kier alpha value is -0.860. The largest absolute Gasteiger partial charge is 0.384 e. The molecular formula is C11H18F2N4OS. The maximum Gasteiger partial charge on any atom is 0.291 e. The summed E-state index contributed by atoms with van der Waals surface area (Å²) in [7, 11) is 1.68. The SMILES string of the molecule is COCC1(CNc2nnc(C(F)F)s2)CCNCC1. The molecule has 1 aromatic heterocycles. The number of ether oxygens (including phenoxy) is 1. The third-order valence-electron chi connectivity index (χ3n) is 3.36. The van der Waals surface area contributed by atoms with Gasteiger partial charge in [0.2, 0.25) is 5.13 Å². The van der Waals surface area contributed by atoms with E-state index < -0.39 is 6.43 Å². The van der Waals surface area contributed by atoms with E-state index in [1.54, 1.807) is 7.11 Å². The Bertz CT molecular complexity index is 390. The molecule has 1 aliphatic rings. The number of halogens is 2. The lowest BCUT2D eigenvalue weighted by Crippen LogP contribution is -2.44. The highest BCUT2D eigenvalue weighted by Crippen LogP contribution is 2.31. The van der Waals surface area contributed by atoms with E-state index in [4.69, 9.17) is 4.74 Å². The van der Waals surface area contributed by atoms with E-state index in [0.717, 1.165) is 37.3 Å². The van der Waals surface area contributed by atoms with Crippen molar-refractivity contribution in [3.05, 3.63) is 5.01 Å². The molecule has 0 aliphatic carbocycles. The standard InChI is InChI=1S/C11H18F2N4OS/c1-18-7-11(2-4-14-5-3-11)6-15-10-17-16-9(19-10)8(12)13/h8,14H,2-7H2,1H3,(H,15,17). The average molecular weight is 292 g/mol. The number of methoxy groups -OCH3 is 1. The van der Waals surface area contributed by atoms with Gasteiger partial charge in [0.25, 0.3) is 6.43 Å². The summed E-state index contributed by atoms with van der Waals surface area (Å²) in [5.74, 6) is 0. The number of hydrogen-bond donors (Lipinski definition) is 2. The molecule has 5 nitrogen and oxygen atoms in total. The zero-order valence-corrected chi connectivity index (χ0v) is 11.6. The fourth-order valence-corrected chi connectivity index (χ4v) is 2.89. The van der Waals surface area contributed by atoms with Gasteiger partial charge in [-0.15, -0.1) is 10.2 Å². The zero-order chi connectivity index (χ0) is 13.7. The molecule has 0 bridgehead atoms. The number of rotatable bonds is 6. The molecule has 1 aromatic rings. The predicted molar refractivity (Wildman–Crippen MR) is 69.8 cm³/mol. The van der Waals surface area contributed by atoms with E-state index in [-0.39, 0.29) is 10.4 Å². The first kappa shape index (κ1) is 14.5. The van der Waals surface area contributed by atoms with Crippen LogP contribution in [-0.4, -0.2) is 43.5 Å². The van der Waals surface area contributed by atoms with Crippen molar-refractivity contribution in [2.75, 3.05) is 38.7 Å². The molecule has 2 rings (SSSR count). The summed E-state index contributed by atoms with van der Waals surface area (Å²) in [4.78, 5) is 0. The maximum absolute atomic E-state index is 12.4. The lowest BCUT2D eigenvalue weighted by atomic mass is 9.79. The van der Waals surface area contributed by atoms with E-state index in [1.165, 1.54) is 0 Å². The summed E-state index contributed by atoms with van der Waals surface area (Å²) < 4.78 is 30.1. The van der Waals surface area contributed by atoms with Crippen LogP contribution in [0.15, 0.2) is 0 Å². The molecule has 1 fully saturated rings. The second-order valence-corrected chi connectivity index (χ2v) is 5.79. The van der Waals surface area contributed by atoms with Gasteiger partial charge in [-0.1, -0.05) is 11.3 Å². The van der Waals surface area contributed by atoms with Gasteiger partial charge >= 0.3 is 0 Å². The summed E-state index contributed by atoms with van der Waals surface area (Å²) in [5, 5.41) is 13.8. The smallest absolute Gasteiger partial charge is 0.291 e. The summed E-state index contributed by atoms with van der Waals surface area (Å²) in [6, 6.07) is 0. The molecule has 0 atom stereocenters. The van der Waals surface area contributed by atoms with Crippen LogP contribution in [0.5, 0.6) is 0 Å². The number of aromatic nitrogens is 2. The minimum atomic E-state index is -2.56. The van der Waals surface area contributed by atoms with Crippen LogP contribution in [0.3, 0.4) is 0 Å². The summed E-state index contributed by atoms with van der Waals surface area (Å²) in [6.45, 7) is 3.22. The lowest BCUT2D eigenvalue weighted by Gasteiger charge is -2.37. The Morgan fingerprint density at radius 3 is 2.74 bits per heavy atom. The number of piperidine rings is 1. The third kappa shape index (κ3) is 3.80. The van der Waals surface area contributed by atoms with E-state index in [1.807, 2.05) is 0 Å². The average Bonchev–Trinajstić information content (AvgIpc) is 2.87. The molecule has 0 radical (unpaired) electrons. The molecule has 2 heterocycles. The highest BCUT2D eigenvalue weighted by molar-refractivity contribution is 7.15. The van der Waals surface area contributed by atoms with Gasteiger partial charge in [0.15, 0.2) is 5.01 Å². The molecule has 1 saturated heterocycles. The van der Waals surface area contributed by atoms with Crippen LogP contribution in [0.25, 0.3) is 0 Å². The van der Waals surface area contributed by atoms with Crippen LogP contribution >= 0.6 is 11.3 Å². The van der Waals surface area contributed by atoms with E-state index >= 15 is 0 Å². The maximum atomic E-state index is 12.4. The Kier molecular flexibility index (Phi) is 5.00. The zero-order valence-electron chi connectivity index (χ0n) is 10.8. The van der Waals surface area contributed by atoms with Crippen molar-refractivity contribution in [2.24, 2.45) is 5.41 Å². The van der Waals surface area contributed by atoms with Crippen LogP contribution in [0.4, 0.5) is 13.9 Å². The first-order valence-electron chi connectivity index (χ1n) is 6.20. The van der Waals surface area contributed by atoms with Crippen LogP contribution in [0, 0.1) is 5.41 Å².